The Morgan fingerprint density at radius 2 is 1.97 bits per heavy atom. The van der Waals surface area contributed by atoms with Crippen LogP contribution in [0.25, 0.3) is 16.8 Å². The minimum absolute atomic E-state index is 0.0876. The fraction of sp³-hybridized carbons (Fsp3) is 0.320. The molecule has 3 aromatic heterocycles. The molecule has 1 N–H and O–H groups in total. The Labute approximate surface area is 201 Å². The highest BCUT2D eigenvalue weighted by Crippen LogP contribution is 2.44. The molecule has 0 atom stereocenters. The number of aromatic amines is 1. The molecule has 5 heterocycles. The number of likely N-dealkylation sites (tertiary alicyclic amines) is 1. The van der Waals surface area contributed by atoms with Crippen LogP contribution in [0.4, 0.5) is 5.69 Å². The molecule has 6 rings (SSSR count). The van der Waals surface area contributed by atoms with Crippen LogP contribution >= 0.6 is 0 Å². The second kappa shape index (κ2) is 8.23. The Kier molecular flexibility index (Phi) is 5.01. The van der Waals surface area contributed by atoms with Gasteiger partial charge in [-0.2, -0.15) is 10.2 Å². The van der Waals surface area contributed by atoms with E-state index < -0.39 is 5.41 Å². The number of benzene rings is 1. The number of carbonyl (C=O) groups excluding carboxylic acids is 2. The van der Waals surface area contributed by atoms with Gasteiger partial charge in [-0.3, -0.25) is 14.7 Å². The van der Waals surface area contributed by atoms with Crippen LogP contribution in [0.3, 0.4) is 0 Å². The Morgan fingerprint density at radius 3 is 2.74 bits per heavy atom. The minimum Gasteiger partial charge on any atom is -0.496 e. The monoisotopic (exact) mass is 471 g/mol. The molecule has 0 bridgehead atoms. The molecule has 0 unspecified atom stereocenters. The predicted octanol–water partition coefficient (Wildman–Crippen LogP) is 2.79. The van der Waals surface area contributed by atoms with Gasteiger partial charge in [-0.1, -0.05) is 0 Å². The third kappa shape index (κ3) is 3.44. The topological polar surface area (TPSA) is 109 Å². The number of rotatable bonds is 4. The van der Waals surface area contributed by atoms with Crippen molar-refractivity contribution in [1.82, 2.24) is 29.7 Å². The van der Waals surface area contributed by atoms with Crippen molar-refractivity contribution in [2.75, 3.05) is 31.6 Å². The number of piperidine rings is 1. The standard InChI is InChI=1S/C25H25N7O3/c1-35-21-13-18(3-4-19(21)17-14-27-28-15-17)31-12-7-25(24(31)34)5-10-30(11-6-25)23(33)20-16-29-32-9-2-8-26-22(20)32/h2-4,8-9,13-16H,5-7,10-12H2,1H3,(H,27,28). The molecule has 2 fully saturated rings. The van der Waals surface area contributed by atoms with Crippen LogP contribution in [0.1, 0.15) is 29.6 Å². The molecule has 1 aromatic carbocycles. The first-order valence-electron chi connectivity index (χ1n) is 11.7. The second-order valence-corrected chi connectivity index (χ2v) is 9.10. The lowest BCUT2D eigenvalue weighted by Crippen LogP contribution is -2.46. The van der Waals surface area contributed by atoms with E-state index in [1.54, 1.807) is 42.5 Å². The maximum Gasteiger partial charge on any atom is 0.259 e. The number of ether oxygens (including phenoxy) is 1. The summed E-state index contributed by atoms with van der Waals surface area (Å²) in [4.78, 5) is 34.7. The second-order valence-electron chi connectivity index (χ2n) is 9.10. The fourth-order valence-corrected chi connectivity index (χ4v) is 5.30. The van der Waals surface area contributed by atoms with Crippen molar-refractivity contribution in [2.45, 2.75) is 19.3 Å². The van der Waals surface area contributed by atoms with Gasteiger partial charge in [0.05, 0.1) is 24.9 Å². The number of hydrogen-bond donors (Lipinski definition) is 1. The molecule has 2 saturated heterocycles. The molecule has 10 heteroatoms. The van der Waals surface area contributed by atoms with E-state index in [1.807, 2.05) is 34.2 Å². The van der Waals surface area contributed by atoms with E-state index in [0.29, 0.717) is 49.4 Å². The Hall–Kier alpha value is -4.21. The summed E-state index contributed by atoms with van der Waals surface area (Å²) in [5.41, 5.74) is 3.27. The first kappa shape index (κ1) is 21.3. The maximum atomic E-state index is 13.6. The first-order valence-corrected chi connectivity index (χ1v) is 11.7. The van der Waals surface area contributed by atoms with E-state index in [4.69, 9.17) is 4.74 Å². The van der Waals surface area contributed by atoms with Crippen molar-refractivity contribution in [2.24, 2.45) is 5.41 Å². The van der Waals surface area contributed by atoms with Crippen molar-refractivity contribution in [3.63, 3.8) is 0 Å². The van der Waals surface area contributed by atoms with E-state index >= 15 is 0 Å². The van der Waals surface area contributed by atoms with E-state index in [0.717, 1.165) is 23.2 Å². The number of carbonyl (C=O) groups is 2. The van der Waals surface area contributed by atoms with Crippen LogP contribution in [0.5, 0.6) is 5.75 Å². The molecule has 0 saturated carbocycles. The number of fused-ring (bicyclic) bond motifs is 1. The number of anilines is 1. The lowest BCUT2D eigenvalue weighted by molar-refractivity contribution is -0.127. The molecule has 2 aliphatic heterocycles. The zero-order valence-electron chi connectivity index (χ0n) is 19.3. The summed E-state index contributed by atoms with van der Waals surface area (Å²) in [5, 5.41) is 11.1. The number of nitrogens with zero attached hydrogens (tertiary/aromatic N) is 6. The largest absolute Gasteiger partial charge is 0.496 e. The third-order valence-electron chi connectivity index (χ3n) is 7.34. The quantitative estimate of drug-likeness (QED) is 0.490. The van der Waals surface area contributed by atoms with Crippen molar-refractivity contribution in [3.8, 4) is 16.9 Å². The molecule has 4 aromatic rings. The number of nitrogens with one attached hydrogen (secondary N) is 1. The third-order valence-corrected chi connectivity index (χ3v) is 7.34. The van der Waals surface area contributed by atoms with Crippen molar-refractivity contribution in [1.29, 1.82) is 0 Å². The number of methoxy groups -OCH3 is 1. The highest BCUT2D eigenvalue weighted by Gasteiger charge is 2.49. The fourth-order valence-electron chi connectivity index (χ4n) is 5.30. The molecule has 178 valence electrons. The summed E-state index contributed by atoms with van der Waals surface area (Å²) in [7, 11) is 1.63. The van der Waals surface area contributed by atoms with Gasteiger partial charge in [0.15, 0.2) is 5.65 Å². The normalized spacial score (nSPS) is 17.5. The smallest absolute Gasteiger partial charge is 0.259 e. The first-order chi connectivity index (χ1) is 17.1. The van der Waals surface area contributed by atoms with Gasteiger partial charge in [-0.05, 0) is 37.5 Å². The summed E-state index contributed by atoms with van der Waals surface area (Å²) in [5.74, 6) is 0.732. The lowest BCUT2D eigenvalue weighted by Gasteiger charge is -2.37. The minimum atomic E-state index is -0.438. The Morgan fingerprint density at radius 1 is 1.14 bits per heavy atom. The average Bonchev–Trinajstić information content (AvgIpc) is 3.64. The molecule has 1 spiro atoms. The molecule has 0 aliphatic carbocycles. The van der Waals surface area contributed by atoms with E-state index in [1.165, 1.54) is 0 Å². The molecule has 2 amide bonds. The maximum absolute atomic E-state index is 13.6. The van der Waals surface area contributed by atoms with Gasteiger partial charge in [0, 0.05) is 61.1 Å². The predicted molar refractivity (Wildman–Crippen MR) is 128 cm³/mol. The zero-order chi connectivity index (χ0) is 24.0. The van der Waals surface area contributed by atoms with E-state index in [-0.39, 0.29) is 11.8 Å². The lowest BCUT2D eigenvalue weighted by atomic mass is 9.77. The van der Waals surface area contributed by atoms with Crippen molar-refractivity contribution >= 4 is 23.1 Å². The number of aromatic nitrogens is 5. The van der Waals surface area contributed by atoms with Gasteiger partial charge in [0.25, 0.3) is 5.91 Å². The average molecular weight is 472 g/mol. The molecule has 2 aliphatic rings. The van der Waals surface area contributed by atoms with Crippen molar-refractivity contribution in [3.05, 3.63) is 60.8 Å². The number of H-pyrrole nitrogens is 1. The van der Waals surface area contributed by atoms with Gasteiger partial charge in [0.2, 0.25) is 5.91 Å². The van der Waals surface area contributed by atoms with Crippen LogP contribution in [0, 0.1) is 5.41 Å². The summed E-state index contributed by atoms with van der Waals surface area (Å²) in [6.07, 6.45) is 10.6. The van der Waals surface area contributed by atoms with Gasteiger partial charge in [-0.15, -0.1) is 0 Å². The summed E-state index contributed by atoms with van der Waals surface area (Å²) in [6.45, 7) is 1.72. The molecular weight excluding hydrogens is 446 g/mol. The molecule has 35 heavy (non-hydrogen) atoms. The van der Waals surface area contributed by atoms with E-state index in [9.17, 15) is 9.59 Å². The van der Waals surface area contributed by atoms with Crippen LogP contribution in [0.15, 0.2) is 55.2 Å². The highest BCUT2D eigenvalue weighted by atomic mass is 16.5. The molecule has 10 nitrogen and oxygen atoms in total. The summed E-state index contributed by atoms with van der Waals surface area (Å²) < 4.78 is 7.21. The van der Waals surface area contributed by atoms with Gasteiger partial charge in [0.1, 0.15) is 11.3 Å². The Bertz CT molecular complexity index is 1400. The van der Waals surface area contributed by atoms with Crippen LogP contribution < -0.4 is 9.64 Å². The van der Waals surface area contributed by atoms with Gasteiger partial charge < -0.3 is 14.5 Å². The SMILES string of the molecule is COc1cc(N2CCC3(CCN(C(=O)c4cnn5cccnc45)CC3)C2=O)ccc1-c1cn[nH]c1. The zero-order valence-corrected chi connectivity index (χ0v) is 19.3. The highest BCUT2D eigenvalue weighted by molar-refractivity contribution is 6.02. The van der Waals surface area contributed by atoms with Gasteiger partial charge >= 0.3 is 0 Å². The van der Waals surface area contributed by atoms with Crippen LogP contribution in [-0.4, -0.2) is 68.3 Å². The van der Waals surface area contributed by atoms with Crippen molar-refractivity contribution < 1.29 is 14.3 Å². The van der Waals surface area contributed by atoms with E-state index in [2.05, 4.69) is 20.3 Å². The van der Waals surface area contributed by atoms with Crippen LogP contribution in [-0.2, 0) is 4.79 Å². The summed E-state index contributed by atoms with van der Waals surface area (Å²) in [6, 6.07) is 7.61. The molecule has 0 radical (unpaired) electrons. The summed E-state index contributed by atoms with van der Waals surface area (Å²) >= 11 is 0. The molecular formula is C25H25N7O3. The Balaban J connectivity index is 1.18. The number of amides is 2. The van der Waals surface area contributed by atoms with Crippen LogP contribution in [0.2, 0.25) is 0 Å². The number of hydrogen-bond acceptors (Lipinski definition) is 6. The van der Waals surface area contributed by atoms with Gasteiger partial charge in [-0.25, -0.2) is 9.50 Å².